The van der Waals surface area contributed by atoms with Gasteiger partial charge in [0.15, 0.2) is 5.60 Å². The van der Waals surface area contributed by atoms with Gasteiger partial charge in [-0.3, -0.25) is 9.52 Å². The fourth-order valence-electron chi connectivity index (χ4n) is 4.60. The zero-order chi connectivity index (χ0) is 25.2. The summed E-state index contributed by atoms with van der Waals surface area (Å²) in [6.07, 6.45) is 0. The van der Waals surface area contributed by atoms with Crippen molar-refractivity contribution < 1.29 is 19.1 Å². The number of hydrogen-bond acceptors (Lipinski definition) is 7. The van der Waals surface area contributed by atoms with Crippen LogP contribution in [0.2, 0.25) is 10.0 Å². The van der Waals surface area contributed by atoms with E-state index in [9.17, 15) is 9.59 Å². The van der Waals surface area contributed by atoms with Crippen LogP contribution in [-0.2, 0) is 10.3 Å². The van der Waals surface area contributed by atoms with E-state index in [0.717, 1.165) is 11.4 Å². The highest BCUT2D eigenvalue weighted by Crippen LogP contribution is 2.59. The molecule has 0 radical (unpaired) electrons. The minimum absolute atomic E-state index is 0.0258. The number of nitrogens with one attached hydrogen (secondary N) is 1. The lowest BCUT2D eigenvalue weighted by Crippen LogP contribution is -2.33. The molecule has 1 amide bonds. The third-order valence-corrected chi connectivity index (χ3v) is 7.20. The number of fused-ring (bicyclic) bond motifs is 6. The maximum absolute atomic E-state index is 13.4. The van der Waals surface area contributed by atoms with Crippen LogP contribution < -0.4 is 19.3 Å². The molecule has 1 N–H and O–H groups in total. The molecule has 0 atom stereocenters. The lowest BCUT2D eigenvalue weighted by molar-refractivity contribution is 0.0225. The summed E-state index contributed by atoms with van der Waals surface area (Å²) in [5.74, 6) is -0.238. The van der Waals surface area contributed by atoms with Crippen molar-refractivity contribution in [1.82, 2.24) is 4.72 Å². The first-order valence-electron chi connectivity index (χ1n) is 10.6. The summed E-state index contributed by atoms with van der Waals surface area (Å²) in [5.41, 5.74) is 2.03. The van der Waals surface area contributed by atoms with Crippen molar-refractivity contribution in [3.63, 3.8) is 0 Å². The number of amides is 1. The van der Waals surface area contributed by atoms with Crippen molar-refractivity contribution in [2.45, 2.75) is 5.60 Å². The predicted molar refractivity (Wildman–Crippen MR) is 140 cm³/mol. The largest absolute Gasteiger partial charge is 0.456 e. The second-order valence-corrected chi connectivity index (χ2v) is 9.74. The second-order valence-electron chi connectivity index (χ2n) is 8.73. The summed E-state index contributed by atoms with van der Waals surface area (Å²) in [4.78, 5) is 29.6. The Hall–Kier alpha value is -3.07. The van der Waals surface area contributed by atoms with Gasteiger partial charge in [0, 0.05) is 68.4 Å². The van der Waals surface area contributed by atoms with E-state index >= 15 is 0 Å². The molecule has 0 saturated carbocycles. The summed E-state index contributed by atoms with van der Waals surface area (Å²) in [7, 11) is 7.70. The van der Waals surface area contributed by atoms with Crippen LogP contribution in [0.5, 0.6) is 11.5 Å². The molecule has 0 unspecified atom stereocenters. The minimum Gasteiger partial charge on any atom is -0.456 e. The smallest absolute Gasteiger partial charge is 0.341 e. The summed E-state index contributed by atoms with van der Waals surface area (Å²) in [6.45, 7) is 0. The van der Waals surface area contributed by atoms with Crippen LogP contribution in [0.3, 0.4) is 0 Å². The van der Waals surface area contributed by atoms with Crippen molar-refractivity contribution in [2.75, 3.05) is 38.0 Å². The average molecular weight is 530 g/mol. The molecule has 1 spiro atoms. The van der Waals surface area contributed by atoms with Crippen LogP contribution in [0.4, 0.5) is 11.4 Å². The summed E-state index contributed by atoms with van der Waals surface area (Å²) >= 11 is 17.2. The summed E-state index contributed by atoms with van der Waals surface area (Å²) in [6, 6.07) is 12.7. The molecule has 5 rings (SSSR count). The van der Waals surface area contributed by atoms with Crippen LogP contribution in [0.1, 0.15) is 37.4 Å². The topological polar surface area (TPSA) is 71.1 Å². The SMILES string of the molecule is CN(C)c1ccc2c(c1)Oc1cc(N(C)C)ccc1C21OC(=O)c2c(Cl)c(C(=O)NS)cc(Cl)c21. The van der Waals surface area contributed by atoms with Crippen molar-refractivity contribution in [3.05, 3.63) is 80.3 Å². The first-order valence-corrected chi connectivity index (χ1v) is 11.8. The molecule has 2 aliphatic rings. The van der Waals surface area contributed by atoms with E-state index in [1.807, 2.05) is 74.4 Å². The highest BCUT2D eigenvalue weighted by atomic mass is 35.5. The van der Waals surface area contributed by atoms with Gasteiger partial charge in [0.1, 0.15) is 11.5 Å². The van der Waals surface area contributed by atoms with E-state index in [2.05, 4.69) is 17.5 Å². The Balaban J connectivity index is 1.87. The molecule has 7 nitrogen and oxygen atoms in total. The number of anilines is 2. The standard InChI is InChI=1S/C25H21Cl2N3O4S/c1-29(2)12-5-7-15-18(9-12)33-19-10-13(30(3)4)6-8-16(19)25(15)21-17(26)11-14(23(31)28-35)22(27)20(21)24(32)34-25/h5-11,35H,1-4H3,(H,28,31). The van der Waals surface area contributed by atoms with Gasteiger partial charge in [-0.25, -0.2) is 4.79 Å². The molecule has 3 aromatic carbocycles. The van der Waals surface area contributed by atoms with Crippen molar-refractivity contribution in [3.8, 4) is 11.5 Å². The Kier molecular flexibility index (Phi) is 5.58. The molecular formula is C25H21Cl2N3O4S. The van der Waals surface area contributed by atoms with Gasteiger partial charge in [0.25, 0.3) is 5.91 Å². The van der Waals surface area contributed by atoms with Gasteiger partial charge >= 0.3 is 5.97 Å². The van der Waals surface area contributed by atoms with E-state index in [1.165, 1.54) is 6.07 Å². The first-order chi connectivity index (χ1) is 16.6. The third kappa shape index (κ3) is 3.35. The third-order valence-electron chi connectivity index (χ3n) is 6.31. The van der Waals surface area contributed by atoms with Crippen molar-refractivity contribution in [1.29, 1.82) is 0 Å². The average Bonchev–Trinajstić information content (AvgIpc) is 3.14. The maximum atomic E-state index is 13.4. The van der Waals surface area contributed by atoms with E-state index in [-0.39, 0.29) is 21.2 Å². The van der Waals surface area contributed by atoms with Crippen LogP contribution in [0.25, 0.3) is 0 Å². The Morgan fingerprint density at radius 3 is 1.97 bits per heavy atom. The Bertz CT molecular complexity index is 1370. The predicted octanol–water partition coefficient (Wildman–Crippen LogP) is 5.27. The number of carbonyl (C=O) groups excluding carboxylic acids is 2. The van der Waals surface area contributed by atoms with Gasteiger partial charge in [-0.2, -0.15) is 0 Å². The second kappa shape index (κ2) is 8.26. The number of thiol groups is 1. The molecule has 2 heterocycles. The monoisotopic (exact) mass is 529 g/mol. The molecule has 2 aliphatic heterocycles. The molecule has 0 saturated heterocycles. The van der Waals surface area contributed by atoms with Crippen LogP contribution in [0, 0.1) is 0 Å². The van der Waals surface area contributed by atoms with Gasteiger partial charge in [0.05, 0.1) is 21.2 Å². The fraction of sp³-hybridized carbons (Fsp3) is 0.200. The quantitative estimate of drug-likeness (QED) is 0.355. The summed E-state index contributed by atoms with van der Waals surface area (Å²) < 4.78 is 14.8. The molecular weight excluding hydrogens is 509 g/mol. The first kappa shape index (κ1) is 23.7. The van der Waals surface area contributed by atoms with Gasteiger partial charge < -0.3 is 19.3 Å². The number of benzene rings is 3. The molecule has 0 bridgehead atoms. The van der Waals surface area contributed by atoms with E-state index in [1.54, 1.807) is 0 Å². The molecule has 0 aromatic heterocycles. The summed E-state index contributed by atoms with van der Waals surface area (Å²) in [5, 5.41) is 0.108. The number of esters is 1. The van der Waals surface area contributed by atoms with Gasteiger partial charge in [0.2, 0.25) is 0 Å². The highest BCUT2D eigenvalue weighted by molar-refractivity contribution is 7.78. The van der Waals surface area contributed by atoms with Crippen molar-refractivity contribution in [2.24, 2.45) is 0 Å². The molecule has 0 fully saturated rings. The van der Waals surface area contributed by atoms with Crippen LogP contribution in [-0.4, -0.2) is 40.1 Å². The molecule has 10 heteroatoms. The Morgan fingerprint density at radius 2 is 1.49 bits per heavy atom. The zero-order valence-corrected chi connectivity index (χ0v) is 21.7. The van der Waals surface area contributed by atoms with Crippen LogP contribution in [0.15, 0.2) is 42.5 Å². The van der Waals surface area contributed by atoms with Gasteiger partial charge in [-0.15, -0.1) is 0 Å². The number of carbonyl (C=O) groups is 2. The Labute approximate surface area is 218 Å². The lowest BCUT2D eigenvalue weighted by atomic mass is 9.77. The lowest BCUT2D eigenvalue weighted by Gasteiger charge is -2.37. The number of ether oxygens (including phenoxy) is 2. The Morgan fingerprint density at radius 1 is 0.943 bits per heavy atom. The van der Waals surface area contributed by atoms with Crippen LogP contribution >= 0.6 is 36.0 Å². The van der Waals surface area contributed by atoms with Gasteiger partial charge in [-0.1, -0.05) is 36.0 Å². The van der Waals surface area contributed by atoms with E-state index < -0.39 is 17.5 Å². The number of hydrogen-bond donors (Lipinski definition) is 2. The van der Waals surface area contributed by atoms with Gasteiger partial charge in [-0.05, 0) is 30.3 Å². The van der Waals surface area contributed by atoms with E-state index in [4.69, 9.17) is 32.7 Å². The maximum Gasteiger partial charge on any atom is 0.341 e. The number of rotatable bonds is 3. The minimum atomic E-state index is -1.41. The highest BCUT2D eigenvalue weighted by Gasteiger charge is 2.56. The molecule has 0 aliphatic carbocycles. The number of nitrogens with zero attached hydrogens (tertiary/aromatic N) is 2. The molecule has 180 valence electrons. The van der Waals surface area contributed by atoms with Crippen molar-refractivity contribution >= 4 is 59.3 Å². The zero-order valence-electron chi connectivity index (χ0n) is 19.3. The van der Waals surface area contributed by atoms with E-state index in [0.29, 0.717) is 28.2 Å². The normalized spacial score (nSPS) is 14.4. The fourth-order valence-corrected chi connectivity index (χ4v) is 5.37. The molecule has 3 aromatic rings. The number of halogens is 2. The molecule has 35 heavy (non-hydrogen) atoms.